The molecular formula is C11H10F3N3O2S2. The summed E-state index contributed by atoms with van der Waals surface area (Å²) >= 11 is 0.803. The fraction of sp³-hybridized carbons (Fsp3) is 0.273. The average molecular weight is 337 g/mol. The standard InChI is InChI=1S/C11H10F3N3O2S2/c1-7(11(12,13)14)16-21(18,19)10-9(20-17-15-10)8-5-3-2-4-6-8/h2-7,16H,1H3/t7-/m1/s1. The fourth-order valence-electron chi connectivity index (χ4n) is 1.48. The van der Waals surface area contributed by atoms with Crippen LogP contribution in [-0.2, 0) is 10.0 Å². The van der Waals surface area contributed by atoms with Crippen LogP contribution in [0.3, 0.4) is 0 Å². The maximum absolute atomic E-state index is 12.5. The van der Waals surface area contributed by atoms with E-state index in [-0.39, 0.29) is 4.88 Å². The number of aromatic nitrogens is 2. The molecule has 0 saturated heterocycles. The van der Waals surface area contributed by atoms with E-state index in [0.29, 0.717) is 5.56 Å². The number of hydrogen-bond acceptors (Lipinski definition) is 5. The van der Waals surface area contributed by atoms with E-state index in [9.17, 15) is 21.6 Å². The first kappa shape index (κ1) is 15.9. The van der Waals surface area contributed by atoms with E-state index in [4.69, 9.17) is 0 Å². The van der Waals surface area contributed by atoms with Crippen molar-refractivity contribution in [2.45, 2.75) is 24.2 Å². The predicted octanol–water partition coefficient (Wildman–Crippen LogP) is 2.43. The second-order valence-corrected chi connectivity index (χ2v) is 6.54. The lowest BCUT2D eigenvalue weighted by molar-refractivity contribution is -0.147. The van der Waals surface area contributed by atoms with E-state index in [0.717, 1.165) is 18.5 Å². The minimum atomic E-state index is -4.68. The summed E-state index contributed by atoms with van der Waals surface area (Å²) in [5, 5.41) is 2.95. The van der Waals surface area contributed by atoms with Gasteiger partial charge in [0.25, 0.3) is 10.0 Å². The van der Waals surface area contributed by atoms with E-state index in [2.05, 4.69) is 9.59 Å². The summed E-state index contributed by atoms with van der Waals surface area (Å²) in [6.07, 6.45) is -4.68. The Balaban J connectivity index is 2.37. The molecule has 0 aliphatic carbocycles. The van der Waals surface area contributed by atoms with Crippen LogP contribution in [0.1, 0.15) is 6.92 Å². The summed E-state index contributed by atoms with van der Waals surface area (Å²) in [6.45, 7) is 0.722. The normalized spacial score (nSPS) is 14.1. The number of benzene rings is 1. The number of nitrogens with zero attached hydrogens (tertiary/aromatic N) is 2. The Hall–Kier alpha value is -1.52. The van der Waals surface area contributed by atoms with E-state index >= 15 is 0 Å². The molecule has 10 heteroatoms. The van der Waals surface area contributed by atoms with Crippen molar-refractivity contribution >= 4 is 21.6 Å². The van der Waals surface area contributed by atoms with Crippen molar-refractivity contribution < 1.29 is 21.6 Å². The van der Waals surface area contributed by atoms with Crippen LogP contribution in [0, 0.1) is 0 Å². The summed E-state index contributed by atoms with van der Waals surface area (Å²) in [5.41, 5.74) is 0.521. The molecule has 0 amide bonds. The van der Waals surface area contributed by atoms with E-state index in [1.165, 1.54) is 0 Å². The van der Waals surface area contributed by atoms with Crippen LogP contribution >= 0.6 is 11.5 Å². The van der Waals surface area contributed by atoms with Gasteiger partial charge in [0.2, 0.25) is 5.03 Å². The fourth-order valence-corrected chi connectivity index (χ4v) is 3.76. The number of halogens is 3. The highest BCUT2D eigenvalue weighted by Gasteiger charge is 2.40. The quantitative estimate of drug-likeness (QED) is 0.930. The molecule has 0 unspecified atom stereocenters. The zero-order valence-electron chi connectivity index (χ0n) is 10.6. The molecule has 1 aromatic carbocycles. The van der Waals surface area contributed by atoms with Gasteiger partial charge in [-0.15, -0.1) is 5.10 Å². The van der Waals surface area contributed by atoms with Crippen LogP contribution in [0.4, 0.5) is 13.2 Å². The lowest BCUT2D eigenvalue weighted by Crippen LogP contribution is -2.43. The Labute approximate surface area is 123 Å². The minimum Gasteiger partial charge on any atom is -0.205 e. The van der Waals surface area contributed by atoms with Gasteiger partial charge in [-0.1, -0.05) is 34.8 Å². The molecule has 21 heavy (non-hydrogen) atoms. The van der Waals surface area contributed by atoms with Crippen LogP contribution < -0.4 is 4.72 Å². The highest BCUT2D eigenvalue weighted by Crippen LogP contribution is 2.29. The molecule has 1 heterocycles. The first-order valence-electron chi connectivity index (χ1n) is 5.68. The summed E-state index contributed by atoms with van der Waals surface area (Å²) in [5.74, 6) is 0. The van der Waals surface area contributed by atoms with Crippen molar-refractivity contribution in [3.8, 4) is 10.4 Å². The largest absolute Gasteiger partial charge is 0.404 e. The van der Waals surface area contributed by atoms with Crippen LogP contribution in [-0.4, -0.2) is 30.2 Å². The van der Waals surface area contributed by atoms with Crippen molar-refractivity contribution in [2.24, 2.45) is 0 Å². The van der Waals surface area contributed by atoms with Gasteiger partial charge in [0.1, 0.15) is 6.04 Å². The van der Waals surface area contributed by atoms with Gasteiger partial charge in [-0.3, -0.25) is 0 Å². The smallest absolute Gasteiger partial charge is 0.205 e. The average Bonchev–Trinajstić information content (AvgIpc) is 2.88. The molecule has 1 aromatic heterocycles. The molecule has 1 N–H and O–H groups in total. The third-order valence-corrected chi connectivity index (χ3v) is 4.93. The zero-order chi connectivity index (χ0) is 15.7. The van der Waals surface area contributed by atoms with Gasteiger partial charge in [0.05, 0.1) is 4.88 Å². The number of rotatable bonds is 4. The van der Waals surface area contributed by atoms with E-state index < -0.39 is 27.3 Å². The summed E-state index contributed by atoms with van der Waals surface area (Å²) < 4.78 is 66.6. The third-order valence-electron chi connectivity index (χ3n) is 2.57. The molecule has 114 valence electrons. The predicted molar refractivity (Wildman–Crippen MR) is 71.2 cm³/mol. The topological polar surface area (TPSA) is 72.0 Å². The molecule has 2 rings (SSSR count). The first-order valence-corrected chi connectivity index (χ1v) is 7.94. The molecule has 0 aliphatic heterocycles. The number of sulfonamides is 1. The molecule has 2 aromatic rings. The van der Waals surface area contributed by atoms with Gasteiger partial charge in [-0.25, -0.2) is 8.42 Å². The summed E-state index contributed by atoms with van der Waals surface area (Å²) in [7, 11) is -4.41. The molecule has 1 atom stereocenters. The second-order valence-electron chi connectivity index (χ2n) is 4.16. The lowest BCUT2D eigenvalue weighted by atomic mass is 10.2. The number of nitrogens with one attached hydrogen (secondary N) is 1. The molecule has 0 bridgehead atoms. The Kier molecular flexibility index (Phi) is 4.30. The Bertz CT molecular complexity index is 714. The van der Waals surface area contributed by atoms with Gasteiger partial charge in [0.15, 0.2) is 0 Å². The molecule has 0 spiro atoms. The van der Waals surface area contributed by atoms with Crippen molar-refractivity contribution in [3.63, 3.8) is 0 Å². The highest BCUT2D eigenvalue weighted by atomic mass is 32.2. The maximum Gasteiger partial charge on any atom is 0.404 e. The highest BCUT2D eigenvalue weighted by molar-refractivity contribution is 7.89. The lowest BCUT2D eigenvalue weighted by Gasteiger charge is -2.16. The van der Waals surface area contributed by atoms with Crippen molar-refractivity contribution in [2.75, 3.05) is 0 Å². The Morgan fingerprint density at radius 2 is 1.86 bits per heavy atom. The van der Waals surface area contributed by atoms with Crippen molar-refractivity contribution in [1.82, 2.24) is 14.3 Å². The monoisotopic (exact) mass is 337 g/mol. The van der Waals surface area contributed by atoms with Gasteiger partial charge < -0.3 is 0 Å². The van der Waals surface area contributed by atoms with E-state index in [1.807, 2.05) is 0 Å². The minimum absolute atomic E-state index is 0.192. The molecule has 0 aliphatic rings. The number of hydrogen-bond donors (Lipinski definition) is 1. The van der Waals surface area contributed by atoms with E-state index in [1.54, 1.807) is 35.1 Å². The Morgan fingerprint density at radius 1 is 1.24 bits per heavy atom. The SMILES string of the molecule is C[C@@H](NS(=O)(=O)c1nnsc1-c1ccccc1)C(F)(F)F. The van der Waals surface area contributed by atoms with Gasteiger partial charge in [-0.2, -0.15) is 17.9 Å². The molecule has 0 fully saturated rings. The zero-order valence-corrected chi connectivity index (χ0v) is 12.3. The first-order chi connectivity index (χ1) is 9.72. The van der Waals surface area contributed by atoms with Gasteiger partial charge in [-0.05, 0) is 24.0 Å². The molecule has 0 saturated carbocycles. The Morgan fingerprint density at radius 3 is 2.43 bits per heavy atom. The van der Waals surface area contributed by atoms with Crippen LogP contribution in [0.2, 0.25) is 0 Å². The molecular weight excluding hydrogens is 327 g/mol. The summed E-state index contributed by atoms with van der Waals surface area (Å²) in [4.78, 5) is 0.192. The van der Waals surface area contributed by atoms with Gasteiger partial charge >= 0.3 is 6.18 Å². The maximum atomic E-state index is 12.5. The van der Waals surface area contributed by atoms with Crippen molar-refractivity contribution in [3.05, 3.63) is 30.3 Å². The molecule has 0 radical (unpaired) electrons. The van der Waals surface area contributed by atoms with Gasteiger partial charge in [0, 0.05) is 0 Å². The molecule has 5 nitrogen and oxygen atoms in total. The van der Waals surface area contributed by atoms with Crippen molar-refractivity contribution in [1.29, 1.82) is 0 Å². The summed E-state index contributed by atoms with van der Waals surface area (Å²) in [6, 6.07) is 6.13. The van der Waals surface area contributed by atoms with Crippen LogP contribution in [0.5, 0.6) is 0 Å². The third kappa shape index (κ3) is 3.57. The second kappa shape index (κ2) is 5.70. The van der Waals surface area contributed by atoms with Crippen LogP contribution in [0.25, 0.3) is 10.4 Å². The van der Waals surface area contributed by atoms with Crippen LogP contribution in [0.15, 0.2) is 35.4 Å². The number of alkyl halides is 3.